The summed E-state index contributed by atoms with van der Waals surface area (Å²) in [5, 5.41) is 21.6. The molecule has 206 valence electrons. The van der Waals surface area contributed by atoms with Crippen LogP contribution >= 0.6 is 0 Å². The van der Waals surface area contributed by atoms with E-state index in [1.165, 1.54) is 43.2 Å². The van der Waals surface area contributed by atoms with E-state index in [0.717, 1.165) is 55.8 Å². The van der Waals surface area contributed by atoms with E-state index in [1.807, 2.05) is 19.9 Å². The molecule has 3 nitrogen and oxygen atoms in total. The van der Waals surface area contributed by atoms with Gasteiger partial charge in [0.2, 0.25) is 0 Å². The minimum atomic E-state index is -0.544. The van der Waals surface area contributed by atoms with E-state index >= 15 is 0 Å². The Morgan fingerprint density at radius 2 is 1.78 bits per heavy atom. The van der Waals surface area contributed by atoms with Gasteiger partial charge in [-0.1, -0.05) is 70.0 Å². The van der Waals surface area contributed by atoms with Gasteiger partial charge in [0.15, 0.2) is 0 Å². The minimum absolute atomic E-state index is 0.0921. The topological polar surface area (TPSA) is 49.7 Å². The number of hydrogen-bond acceptors (Lipinski definition) is 3. The molecular formula is C34H52O3. The Labute approximate surface area is 226 Å². The van der Waals surface area contributed by atoms with Gasteiger partial charge in [-0.05, 0) is 117 Å². The van der Waals surface area contributed by atoms with Gasteiger partial charge in [-0.3, -0.25) is 0 Å². The maximum Gasteiger partial charge on any atom is 0.102 e. The molecule has 3 saturated carbocycles. The summed E-state index contributed by atoms with van der Waals surface area (Å²) in [6, 6.07) is 10.3. The van der Waals surface area contributed by atoms with Crippen molar-refractivity contribution in [1.82, 2.24) is 0 Å². The van der Waals surface area contributed by atoms with E-state index in [9.17, 15) is 10.2 Å². The van der Waals surface area contributed by atoms with E-state index in [-0.39, 0.29) is 11.5 Å². The van der Waals surface area contributed by atoms with Crippen LogP contribution in [0, 0.1) is 40.4 Å². The molecule has 0 amide bonds. The second-order valence-corrected chi connectivity index (χ2v) is 14.4. The van der Waals surface area contributed by atoms with Crippen molar-refractivity contribution < 1.29 is 14.9 Å². The van der Waals surface area contributed by atoms with Crippen LogP contribution in [0.25, 0.3) is 0 Å². The van der Waals surface area contributed by atoms with Crippen molar-refractivity contribution in [2.45, 2.75) is 123 Å². The molecule has 1 aromatic rings. The Kier molecular flexibility index (Phi) is 7.73. The number of aliphatic hydroxyl groups excluding tert-OH is 1. The lowest BCUT2D eigenvalue weighted by molar-refractivity contribution is -0.100. The first kappa shape index (κ1) is 27.4. The molecule has 4 aliphatic rings. The first-order valence-electron chi connectivity index (χ1n) is 15.3. The zero-order valence-corrected chi connectivity index (χ0v) is 24.1. The summed E-state index contributed by atoms with van der Waals surface area (Å²) < 4.78 is 6.28. The van der Waals surface area contributed by atoms with E-state index in [1.54, 1.807) is 0 Å². The summed E-state index contributed by atoms with van der Waals surface area (Å²) in [6.45, 7) is 12.0. The minimum Gasteiger partial charge on any atom is -0.390 e. The third-order valence-electron chi connectivity index (χ3n) is 11.7. The van der Waals surface area contributed by atoms with Crippen LogP contribution in [0.5, 0.6) is 0 Å². The van der Waals surface area contributed by atoms with Crippen LogP contribution in [-0.2, 0) is 11.3 Å². The summed E-state index contributed by atoms with van der Waals surface area (Å²) in [7, 11) is 0. The summed E-state index contributed by atoms with van der Waals surface area (Å²) in [5.74, 6) is 3.81. The second kappa shape index (κ2) is 10.4. The molecule has 1 aromatic carbocycles. The Balaban J connectivity index is 1.26. The average molecular weight is 509 g/mol. The van der Waals surface area contributed by atoms with E-state index in [2.05, 4.69) is 51.1 Å². The second-order valence-electron chi connectivity index (χ2n) is 14.4. The molecule has 0 bridgehead atoms. The van der Waals surface area contributed by atoms with Crippen molar-refractivity contribution in [1.29, 1.82) is 0 Å². The van der Waals surface area contributed by atoms with Crippen LogP contribution in [0.1, 0.15) is 104 Å². The first-order chi connectivity index (χ1) is 17.5. The number of rotatable bonds is 8. The fourth-order valence-corrected chi connectivity index (χ4v) is 9.69. The third kappa shape index (κ3) is 5.22. The van der Waals surface area contributed by atoms with Gasteiger partial charge in [0, 0.05) is 0 Å². The SMILES string of the molecule is C[C@H](CCCC(C)(C)O)[C@H]1CC[C@H]2[C@@H]3CC=C4[C@@H](O)[C@@H](OCc5ccccc5)CC[C@]4(C)[C@H]3CC[C@]12C. The maximum absolute atomic E-state index is 11.5. The highest BCUT2D eigenvalue weighted by Crippen LogP contribution is 2.67. The van der Waals surface area contributed by atoms with Crippen molar-refractivity contribution in [3.8, 4) is 0 Å². The number of hydrogen-bond donors (Lipinski definition) is 2. The first-order valence-corrected chi connectivity index (χ1v) is 15.3. The van der Waals surface area contributed by atoms with E-state index < -0.39 is 11.7 Å². The monoisotopic (exact) mass is 508 g/mol. The zero-order valence-electron chi connectivity index (χ0n) is 24.1. The normalized spacial score (nSPS) is 40.4. The van der Waals surface area contributed by atoms with Crippen molar-refractivity contribution in [3.63, 3.8) is 0 Å². The van der Waals surface area contributed by atoms with Gasteiger partial charge in [-0.2, -0.15) is 0 Å². The highest BCUT2D eigenvalue weighted by atomic mass is 16.5. The van der Waals surface area contributed by atoms with Crippen molar-refractivity contribution in [2.75, 3.05) is 0 Å². The van der Waals surface area contributed by atoms with Gasteiger partial charge >= 0.3 is 0 Å². The van der Waals surface area contributed by atoms with Crippen molar-refractivity contribution in [2.24, 2.45) is 40.4 Å². The molecule has 3 heteroatoms. The van der Waals surface area contributed by atoms with Gasteiger partial charge in [0.1, 0.15) is 6.10 Å². The standard InChI is InChI=1S/C34H52O3/c1-23(10-9-19-32(2,3)36)26-15-16-27-25-13-14-29-31(35)30(37-22-24-11-7-6-8-12-24)18-21-34(29,5)28(25)17-20-33(26,27)4/h6-8,11-12,14,23,25-28,30-31,35-36H,9-10,13,15-22H2,1-5H3/t23-,25+,26-,27+,28+,30+,31-,33-,34-/m1/s1. The lowest BCUT2D eigenvalue weighted by atomic mass is 9.46. The van der Waals surface area contributed by atoms with Crippen LogP contribution in [0.2, 0.25) is 0 Å². The van der Waals surface area contributed by atoms with Crippen LogP contribution in [0.3, 0.4) is 0 Å². The molecule has 5 rings (SSSR count). The summed E-state index contributed by atoms with van der Waals surface area (Å²) in [4.78, 5) is 0. The third-order valence-corrected chi connectivity index (χ3v) is 11.7. The predicted octanol–water partition coefficient (Wildman–Crippen LogP) is 7.70. The highest BCUT2D eigenvalue weighted by Gasteiger charge is 2.60. The Morgan fingerprint density at radius 1 is 1.03 bits per heavy atom. The molecule has 4 aliphatic carbocycles. The summed E-state index contributed by atoms with van der Waals surface area (Å²) >= 11 is 0. The molecule has 0 unspecified atom stereocenters. The zero-order chi connectivity index (χ0) is 26.4. The Hall–Kier alpha value is -1.16. The lowest BCUT2D eigenvalue weighted by Crippen LogP contribution is -2.54. The van der Waals surface area contributed by atoms with Crippen molar-refractivity contribution >= 4 is 0 Å². The molecule has 0 saturated heterocycles. The molecule has 9 atom stereocenters. The number of aliphatic hydroxyl groups is 2. The fraction of sp³-hybridized carbons (Fsp3) is 0.765. The quantitative estimate of drug-likeness (QED) is 0.354. The van der Waals surface area contributed by atoms with E-state index in [4.69, 9.17) is 4.74 Å². The van der Waals surface area contributed by atoms with Crippen LogP contribution in [0.15, 0.2) is 42.0 Å². The highest BCUT2D eigenvalue weighted by molar-refractivity contribution is 5.29. The molecule has 0 radical (unpaired) electrons. The largest absolute Gasteiger partial charge is 0.390 e. The molecule has 0 spiro atoms. The predicted molar refractivity (Wildman–Crippen MR) is 151 cm³/mol. The van der Waals surface area contributed by atoms with Crippen molar-refractivity contribution in [3.05, 3.63) is 47.5 Å². The smallest absolute Gasteiger partial charge is 0.102 e. The average Bonchev–Trinajstić information content (AvgIpc) is 3.21. The molecule has 37 heavy (non-hydrogen) atoms. The van der Waals surface area contributed by atoms with Gasteiger partial charge in [0.05, 0.1) is 18.3 Å². The molecule has 0 heterocycles. The van der Waals surface area contributed by atoms with E-state index in [0.29, 0.717) is 17.9 Å². The number of allylic oxidation sites excluding steroid dienone is 1. The van der Waals surface area contributed by atoms with Gasteiger partial charge in [0.25, 0.3) is 0 Å². The van der Waals surface area contributed by atoms with Gasteiger partial charge < -0.3 is 14.9 Å². The lowest BCUT2D eigenvalue weighted by Gasteiger charge is -2.59. The van der Waals surface area contributed by atoms with Crippen LogP contribution in [-0.4, -0.2) is 28.0 Å². The molecule has 2 N–H and O–H groups in total. The van der Waals surface area contributed by atoms with Gasteiger partial charge in [-0.25, -0.2) is 0 Å². The summed E-state index contributed by atoms with van der Waals surface area (Å²) in [6.07, 6.45) is 13.8. The number of ether oxygens (including phenoxy) is 1. The summed E-state index contributed by atoms with van der Waals surface area (Å²) in [5.41, 5.74) is 2.49. The van der Waals surface area contributed by atoms with Gasteiger partial charge in [-0.15, -0.1) is 0 Å². The van der Waals surface area contributed by atoms with Crippen LogP contribution < -0.4 is 0 Å². The molecule has 3 fully saturated rings. The fourth-order valence-electron chi connectivity index (χ4n) is 9.69. The maximum atomic E-state index is 11.5. The van der Waals surface area contributed by atoms with Crippen LogP contribution in [0.4, 0.5) is 0 Å². The Morgan fingerprint density at radius 3 is 2.51 bits per heavy atom. The molecule has 0 aromatic heterocycles. The number of benzene rings is 1. The molecular weight excluding hydrogens is 456 g/mol. The number of fused-ring (bicyclic) bond motifs is 5. The molecule has 0 aliphatic heterocycles. The Bertz CT molecular complexity index is 948.